The Bertz CT molecular complexity index is 721. The van der Waals surface area contributed by atoms with E-state index in [4.69, 9.17) is 0 Å². The average molecular weight is 404 g/mol. The van der Waals surface area contributed by atoms with Gasteiger partial charge >= 0.3 is 0 Å². The molecular formula is C15H15BrFNO2S2. The number of sulfonamides is 1. The van der Waals surface area contributed by atoms with E-state index in [9.17, 15) is 12.8 Å². The number of halogens is 2. The lowest BCUT2D eigenvalue weighted by Gasteiger charge is -2.07. The highest BCUT2D eigenvalue weighted by Crippen LogP contribution is 2.16. The summed E-state index contributed by atoms with van der Waals surface area (Å²) in [5.74, 6) is 0.863. The molecular weight excluding hydrogens is 389 g/mol. The molecule has 0 aliphatic rings. The SMILES string of the molecule is O=S(=O)(NCCSCc1ccccc1F)c1ccc(Br)cc1. The Hall–Kier alpha value is -0.890. The van der Waals surface area contributed by atoms with Gasteiger partial charge in [0.05, 0.1) is 4.90 Å². The Morgan fingerprint density at radius 3 is 2.45 bits per heavy atom. The van der Waals surface area contributed by atoms with Gasteiger partial charge in [0.1, 0.15) is 5.82 Å². The third kappa shape index (κ3) is 5.08. The van der Waals surface area contributed by atoms with Gasteiger partial charge in [0.15, 0.2) is 0 Å². The van der Waals surface area contributed by atoms with Crippen LogP contribution in [-0.4, -0.2) is 20.7 Å². The van der Waals surface area contributed by atoms with Gasteiger partial charge in [0.2, 0.25) is 10.0 Å². The third-order valence-electron chi connectivity index (χ3n) is 2.88. The second-order valence-electron chi connectivity index (χ2n) is 4.50. The fourth-order valence-corrected chi connectivity index (χ4v) is 4.01. The molecule has 2 aromatic rings. The van der Waals surface area contributed by atoms with Gasteiger partial charge in [-0.05, 0) is 35.9 Å². The summed E-state index contributed by atoms with van der Waals surface area (Å²) in [5.41, 5.74) is 0.628. The van der Waals surface area contributed by atoms with Crippen LogP contribution in [0.3, 0.4) is 0 Å². The van der Waals surface area contributed by atoms with Crippen LogP contribution in [0, 0.1) is 5.82 Å². The minimum Gasteiger partial charge on any atom is -0.210 e. The van der Waals surface area contributed by atoms with Crippen LogP contribution in [0.5, 0.6) is 0 Å². The van der Waals surface area contributed by atoms with Gasteiger partial charge in [0, 0.05) is 22.5 Å². The minimum absolute atomic E-state index is 0.231. The normalized spacial score (nSPS) is 11.5. The van der Waals surface area contributed by atoms with Crippen LogP contribution in [0.1, 0.15) is 5.56 Å². The van der Waals surface area contributed by atoms with Crippen molar-refractivity contribution in [2.45, 2.75) is 10.6 Å². The van der Waals surface area contributed by atoms with Crippen molar-refractivity contribution in [3.8, 4) is 0 Å². The molecule has 0 saturated heterocycles. The van der Waals surface area contributed by atoms with Crippen LogP contribution in [0.2, 0.25) is 0 Å². The number of nitrogens with one attached hydrogen (secondary N) is 1. The molecule has 0 bridgehead atoms. The van der Waals surface area contributed by atoms with Crippen LogP contribution in [0.4, 0.5) is 4.39 Å². The predicted molar refractivity (Wildman–Crippen MR) is 91.9 cm³/mol. The Balaban J connectivity index is 1.79. The summed E-state index contributed by atoms with van der Waals surface area (Å²) in [6.07, 6.45) is 0. The Morgan fingerprint density at radius 1 is 1.09 bits per heavy atom. The first-order chi connectivity index (χ1) is 10.5. The van der Waals surface area contributed by atoms with Crippen molar-refractivity contribution in [1.82, 2.24) is 4.72 Å². The molecule has 0 spiro atoms. The van der Waals surface area contributed by atoms with E-state index in [0.29, 0.717) is 23.6 Å². The van der Waals surface area contributed by atoms with E-state index in [0.717, 1.165) is 4.47 Å². The van der Waals surface area contributed by atoms with Gasteiger partial charge in [-0.15, -0.1) is 0 Å². The highest BCUT2D eigenvalue weighted by molar-refractivity contribution is 9.10. The molecule has 0 atom stereocenters. The van der Waals surface area contributed by atoms with Crippen LogP contribution in [0.15, 0.2) is 57.9 Å². The molecule has 0 saturated carbocycles. The van der Waals surface area contributed by atoms with Crippen molar-refractivity contribution in [2.24, 2.45) is 0 Å². The van der Waals surface area contributed by atoms with Gasteiger partial charge in [0.25, 0.3) is 0 Å². The molecule has 3 nitrogen and oxygen atoms in total. The molecule has 0 heterocycles. The number of benzene rings is 2. The highest BCUT2D eigenvalue weighted by Gasteiger charge is 2.12. The van der Waals surface area contributed by atoms with Crippen LogP contribution in [0.25, 0.3) is 0 Å². The first-order valence-electron chi connectivity index (χ1n) is 6.55. The maximum absolute atomic E-state index is 13.4. The summed E-state index contributed by atoms with van der Waals surface area (Å²) in [6, 6.07) is 13.0. The highest BCUT2D eigenvalue weighted by atomic mass is 79.9. The molecule has 2 rings (SSSR count). The fraction of sp³-hybridized carbons (Fsp3) is 0.200. The quantitative estimate of drug-likeness (QED) is 0.715. The molecule has 7 heteroatoms. The van der Waals surface area contributed by atoms with E-state index in [1.807, 2.05) is 0 Å². The lowest BCUT2D eigenvalue weighted by molar-refractivity contribution is 0.584. The zero-order chi connectivity index (χ0) is 16.0. The van der Waals surface area contributed by atoms with Crippen molar-refractivity contribution in [3.63, 3.8) is 0 Å². The molecule has 0 aliphatic carbocycles. The van der Waals surface area contributed by atoms with Gasteiger partial charge in [-0.2, -0.15) is 11.8 Å². The summed E-state index contributed by atoms with van der Waals surface area (Å²) >= 11 is 4.75. The average Bonchev–Trinajstić information content (AvgIpc) is 2.49. The standard InChI is InChI=1S/C15H15BrFNO2S2/c16-13-5-7-14(8-6-13)22(19,20)18-9-10-21-11-12-3-1-2-4-15(12)17/h1-8,18H,9-11H2. The monoisotopic (exact) mass is 403 g/mol. The van der Waals surface area contributed by atoms with Gasteiger partial charge in [-0.1, -0.05) is 34.1 Å². The van der Waals surface area contributed by atoms with Crippen molar-refractivity contribution >= 4 is 37.7 Å². The topological polar surface area (TPSA) is 46.2 Å². The summed E-state index contributed by atoms with van der Waals surface area (Å²) in [4.78, 5) is 0.231. The largest absolute Gasteiger partial charge is 0.240 e. The molecule has 0 aliphatic heterocycles. The molecule has 0 radical (unpaired) electrons. The number of thioether (sulfide) groups is 1. The lowest BCUT2D eigenvalue weighted by atomic mass is 10.2. The maximum atomic E-state index is 13.4. The predicted octanol–water partition coefficient (Wildman–Crippen LogP) is 3.80. The van der Waals surface area contributed by atoms with Crippen LogP contribution >= 0.6 is 27.7 Å². The summed E-state index contributed by atoms with van der Waals surface area (Å²) in [6.45, 7) is 0.303. The summed E-state index contributed by atoms with van der Waals surface area (Å²) in [7, 11) is -3.49. The van der Waals surface area contributed by atoms with E-state index < -0.39 is 10.0 Å². The maximum Gasteiger partial charge on any atom is 0.240 e. The second kappa shape index (κ2) is 8.10. The fourth-order valence-electron chi connectivity index (χ4n) is 1.74. The molecule has 2 aromatic carbocycles. The molecule has 0 amide bonds. The van der Waals surface area contributed by atoms with Crippen LogP contribution < -0.4 is 4.72 Å². The van der Waals surface area contributed by atoms with Crippen LogP contribution in [-0.2, 0) is 15.8 Å². The van der Waals surface area contributed by atoms with E-state index in [-0.39, 0.29) is 10.7 Å². The van der Waals surface area contributed by atoms with E-state index >= 15 is 0 Å². The molecule has 0 unspecified atom stereocenters. The van der Waals surface area contributed by atoms with Crippen molar-refractivity contribution < 1.29 is 12.8 Å². The van der Waals surface area contributed by atoms with Crippen molar-refractivity contribution in [1.29, 1.82) is 0 Å². The Labute approximate surface area is 142 Å². The summed E-state index contributed by atoms with van der Waals surface area (Å²) in [5, 5.41) is 0. The van der Waals surface area contributed by atoms with Gasteiger partial charge in [-0.3, -0.25) is 0 Å². The van der Waals surface area contributed by atoms with Gasteiger partial charge in [-0.25, -0.2) is 17.5 Å². The number of hydrogen-bond acceptors (Lipinski definition) is 3. The summed E-state index contributed by atoms with van der Waals surface area (Å²) < 4.78 is 40.8. The Morgan fingerprint density at radius 2 is 1.77 bits per heavy atom. The van der Waals surface area contributed by atoms with E-state index in [1.165, 1.54) is 17.8 Å². The van der Waals surface area contributed by atoms with E-state index in [1.54, 1.807) is 42.5 Å². The van der Waals surface area contributed by atoms with Gasteiger partial charge < -0.3 is 0 Å². The Kier molecular flexibility index (Phi) is 6.43. The van der Waals surface area contributed by atoms with Crippen molar-refractivity contribution in [3.05, 3.63) is 64.4 Å². The molecule has 118 valence electrons. The molecule has 22 heavy (non-hydrogen) atoms. The number of rotatable bonds is 7. The molecule has 0 fully saturated rings. The second-order valence-corrected chi connectivity index (χ2v) is 8.28. The zero-order valence-electron chi connectivity index (χ0n) is 11.6. The zero-order valence-corrected chi connectivity index (χ0v) is 14.8. The lowest BCUT2D eigenvalue weighted by Crippen LogP contribution is -2.26. The minimum atomic E-state index is -3.49. The third-order valence-corrected chi connectivity index (χ3v) is 5.89. The molecule has 1 N–H and O–H groups in total. The first-order valence-corrected chi connectivity index (χ1v) is 9.98. The van der Waals surface area contributed by atoms with Crippen molar-refractivity contribution in [2.75, 3.05) is 12.3 Å². The first kappa shape index (κ1) is 17.5. The van der Waals surface area contributed by atoms with E-state index in [2.05, 4.69) is 20.7 Å². The number of hydrogen-bond donors (Lipinski definition) is 1. The smallest absolute Gasteiger partial charge is 0.210 e. The molecule has 0 aromatic heterocycles.